The van der Waals surface area contributed by atoms with Gasteiger partial charge in [-0.3, -0.25) is 5.41 Å². The molecule has 100 valence electrons. The second-order valence-electron chi connectivity index (χ2n) is 4.28. The zero-order valence-electron chi connectivity index (χ0n) is 10.6. The van der Waals surface area contributed by atoms with Crippen molar-refractivity contribution in [3.8, 4) is 0 Å². The first-order valence-electron chi connectivity index (χ1n) is 6.02. The van der Waals surface area contributed by atoms with Gasteiger partial charge in [0.2, 0.25) is 0 Å². The summed E-state index contributed by atoms with van der Waals surface area (Å²) >= 11 is 6.07. The molecule has 0 fully saturated rings. The van der Waals surface area contributed by atoms with Gasteiger partial charge in [-0.1, -0.05) is 11.6 Å². The van der Waals surface area contributed by atoms with Crippen molar-refractivity contribution in [2.24, 2.45) is 5.73 Å². The van der Waals surface area contributed by atoms with Crippen LogP contribution in [0.15, 0.2) is 18.2 Å². The molecule has 0 heterocycles. The Bertz CT molecular complexity index is 409. The summed E-state index contributed by atoms with van der Waals surface area (Å²) < 4.78 is 0. The van der Waals surface area contributed by atoms with E-state index in [1.807, 2.05) is 19.2 Å². The normalized spacial score (nSPS) is 10.4. The standard InChI is InChI=1S/C13H20ClN3O/c1-17(7-3-2-4-8-18)10-5-6-11(13(15)16)12(14)9-10/h5-6,9,18H,2-4,7-8H2,1H3,(H3,15,16). The van der Waals surface area contributed by atoms with Crippen molar-refractivity contribution in [2.75, 3.05) is 25.1 Å². The molecule has 0 saturated carbocycles. The number of benzene rings is 1. The minimum Gasteiger partial charge on any atom is -0.396 e. The van der Waals surface area contributed by atoms with Gasteiger partial charge in [0.1, 0.15) is 5.84 Å². The lowest BCUT2D eigenvalue weighted by Crippen LogP contribution is -2.19. The maximum absolute atomic E-state index is 8.70. The van der Waals surface area contributed by atoms with Gasteiger partial charge in [0, 0.05) is 31.5 Å². The molecule has 0 unspecified atom stereocenters. The van der Waals surface area contributed by atoms with Gasteiger partial charge in [0.25, 0.3) is 0 Å². The summed E-state index contributed by atoms with van der Waals surface area (Å²) in [6.07, 6.45) is 2.89. The summed E-state index contributed by atoms with van der Waals surface area (Å²) in [6, 6.07) is 5.50. The van der Waals surface area contributed by atoms with E-state index >= 15 is 0 Å². The molecule has 0 amide bonds. The molecule has 4 nitrogen and oxygen atoms in total. The molecular weight excluding hydrogens is 250 g/mol. The third-order valence-electron chi connectivity index (χ3n) is 2.84. The van der Waals surface area contributed by atoms with Gasteiger partial charge in [-0.05, 0) is 37.5 Å². The van der Waals surface area contributed by atoms with Crippen LogP contribution in [0, 0.1) is 5.41 Å². The highest BCUT2D eigenvalue weighted by Gasteiger charge is 2.07. The molecule has 0 saturated heterocycles. The zero-order valence-corrected chi connectivity index (χ0v) is 11.4. The molecule has 0 radical (unpaired) electrons. The Labute approximate surface area is 113 Å². The highest BCUT2D eigenvalue weighted by atomic mass is 35.5. The lowest BCUT2D eigenvalue weighted by Gasteiger charge is -2.20. The lowest BCUT2D eigenvalue weighted by molar-refractivity contribution is 0.283. The van der Waals surface area contributed by atoms with Crippen LogP contribution in [0.3, 0.4) is 0 Å². The number of aliphatic hydroxyl groups excluding tert-OH is 1. The fourth-order valence-electron chi connectivity index (χ4n) is 1.73. The number of halogens is 1. The maximum atomic E-state index is 8.70. The quantitative estimate of drug-likeness (QED) is 0.404. The van der Waals surface area contributed by atoms with Crippen LogP contribution in [0.1, 0.15) is 24.8 Å². The van der Waals surface area contributed by atoms with Gasteiger partial charge in [-0.25, -0.2) is 0 Å². The zero-order chi connectivity index (χ0) is 13.5. The lowest BCUT2D eigenvalue weighted by atomic mass is 10.1. The smallest absolute Gasteiger partial charge is 0.124 e. The molecule has 0 spiro atoms. The number of hydrogen-bond acceptors (Lipinski definition) is 3. The maximum Gasteiger partial charge on any atom is 0.124 e. The molecular formula is C13H20ClN3O. The second kappa shape index (κ2) is 7.24. The summed E-state index contributed by atoms with van der Waals surface area (Å²) in [5, 5.41) is 16.6. The van der Waals surface area contributed by atoms with E-state index in [0.717, 1.165) is 31.5 Å². The van der Waals surface area contributed by atoms with Gasteiger partial charge in [0.15, 0.2) is 0 Å². The predicted octanol–water partition coefficient (Wildman–Crippen LogP) is 2.22. The Morgan fingerprint density at radius 1 is 1.39 bits per heavy atom. The van der Waals surface area contributed by atoms with Crippen LogP contribution in [0.4, 0.5) is 5.69 Å². The number of amidine groups is 1. The molecule has 0 bridgehead atoms. The van der Waals surface area contributed by atoms with E-state index in [1.165, 1.54) is 0 Å². The number of hydrogen-bond donors (Lipinski definition) is 3. The monoisotopic (exact) mass is 269 g/mol. The molecule has 0 atom stereocenters. The Morgan fingerprint density at radius 3 is 2.67 bits per heavy atom. The number of nitrogens with one attached hydrogen (secondary N) is 1. The van der Waals surface area contributed by atoms with Crippen LogP contribution in [-0.2, 0) is 0 Å². The van der Waals surface area contributed by atoms with Crippen LogP contribution in [0.5, 0.6) is 0 Å². The van der Waals surface area contributed by atoms with Crippen molar-refractivity contribution < 1.29 is 5.11 Å². The van der Waals surface area contributed by atoms with E-state index in [4.69, 9.17) is 27.9 Å². The molecule has 1 aromatic rings. The fourth-order valence-corrected chi connectivity index (χ4v) is 2.00. The fraction of sp³-hybridized carbons (Fsp3) is 0.462. The molecule has 4 N–H and O–H groups in total. The number of nitrogens with two attached hydrogens (primary N) is 1. The number of rotatable bonds is 7. The van der Waals surface area contributed by atoms with Gasteiger partial charge >= 0.3 is 0 Å². The highest BCUT2D eigenvalue weighted by Crippen LogP contribution is 2.23. The minimum atomic E-state index is -0.0165. The van der Waals surface area contributed by atoms with Crippen molar-refractivity contribution in [3.05, 3.63) is 28.8 Å². The van der Waals surface area contributed by atoms with E-state index in [2.05, 4.69) is 4.90 Å². The molecule has 0 aliphatic carbocycles. The third-order valence-corrected chi connectivity index (χ3v) is 3.15. The van der Waals surface area contributed by atoms with Crippen molar-refractivity contribution in [2.45, 2.75) is 19.3 Å². The first-order valence-corrected chi connectivity index (χ1v) is 6.40. The van der Waals surface area contributed by atoms with E-state index in [0.29, 0.717) is 10.6 Å². The van der Waals surface area contributed by atoms with Crippen LogP contribution in [-0.4, -0.2) is 31.1 Å². The van der Waals surface area contributed by atoms with Crippen molar-refractivity contribution >= 4 is 23.1 Å². The molecule has 5 heteroatoms. The van der Waals surface area contributed by atoms with E-state index in [-0.39, 0.29) is 12.4 Å². The van der Waals surface area contributed by atoms with Crippen LogP contribution in [0.25, 0.3) is 0 Å². The van der Waals surface area contributed by atoms with Gasteiger partial charge < -0.3 is 15.7 Å². The molecule has 0 aromatic heterocycles. The van der Waals surface area contributed by atoms with Crippen molar-refractivity contribution in [3.63, 3.8) is 0 Å². The molecule has 0 aliphatic heterocycles. The van der Waals surface area contributed by atoms with Crippen LogP contribution in [0.2, 0.25) is 5.02 Å². The summed E-state index contributed by atoms with van der Waals surface area (Å²) in [5.41, 5.74) is 6.99. The minimum absolute atomic E-state index is 0.0165. The highest BCUT2D eigenvalue weighted by molar-refractivity contribution is 6.34. The second-order valence-corrected chi connectivity index (χ2v) is 4.69. The molecule has 18 heavy (non-hydrogen) atoms. The van der Waals surface area contributed by atoms with Crippen LogP contribution < -0.4 is 10.6 Å². The van der Waals surface area contributed by atoms with E-state index < -0.39 is 0 Å². The number of nitrogens with zero attached hydrogens (tertiary/aromatic N) is 1. The predicted molar refractivity (Wildman–Crippen MR) is 76.7 cm³/mol. The first kappa shape index (κ1) is 14.8. The van der Waals surface area contributed by atoms with Gasteiger partial charge in [-0.2, -0.15) is 0 Å². The topological polar surface area (TPSA) is 73.3 Å². The number of anilines is 1. The molecule has 0 aliphatic rings. The van der Waals surface area contributed by atoms with Gasteiger partial charge in [-0.15, -0.1) is 0 Å². The molecule has 1 aromatic carbocycles. The van der Waals surface area contributed by atoms with Crippen molar-refractivity contribution in [1.29, 1.82) is 5.41 Å². The van der Waals surface area contributed by atoms with Crippen molar-refractivity contribution in [1.82, 2.24) is 0 Å². The third kappa shape index (κ3) is 4.20. The Kier molecular flexibility index (Phi) is 5.95. The van der Waals surface area contributed by atoms with E-state index in [9.17, 15) is 0 Å². The average molecular weight is 270 g/mol. The number of unbranched alkanes of at least 4 members (excludes halogenated alkanes) is 2. The first-order chi connectivity index (χ1) is 8.56. The largest absolute Gasteiger partial charge is 0.396 e. The number of nitrogen functional groups attached to an aromatic ring is 1. The number of aliphatic hydroxyl groups is 1. The van der Waals surface area contributed by atoms with E-state index in [1.54, 1.807) is 6.07 Å². The summed E-state index contributed by atoms with van der Waals surface area (Å²) in [4.78, 5) is 2.10. The van der Waals surface area contributed by atoms with Crippen LogP contribution >= 0.6 is 11.6 Å². The Morgan fingerprint density at radius 2 is 2.11 bits per heavy atom. The summed E-state index contributed by atoms with van der Waals surface area (Å²) in [6.45, 7) is 1.17. The molecule has 1 rings (SSSR count). The summed E-state index contributed by atoms with van der Waals surface area (Å²) in [5.74, 6) is -0.0165. The average Bonchev–Trinajstić information content (AvgIpc) is 2.33. The Hall–Kier alpha value is -1.26. The summed E-state index contributed by atoms with van der Waals surface area (Å²) in [7, 11) is 2.00. The van der Waals surface area contributed by atoms with Gasteiger partial charge in [0.05, 0.1) is 5.02 Å². The SMILES string of the molecule is CN(CCCCCO)c1ccc(C(=N)N)c(Cl)c1. The Balaban J connectivity index is 2.61.